The number of amides is 1. The highest BCUT2D eigenvalue weighted by Crippen LogP contribution is 2.29. The number of ether oxygens (including phenoxy) is 1. The van der Waals surface area contributed by atoms with Gasteiger partial charge in [0.25, 0.3) is 0 Å². The summed E-state index contributed by atoms with van der Waals surface area (Å²) in [6.07, 6.45) is 1.72. The zero-order chi connectivity index (χ0) is 20.5. The molecule has 0 bridgehead atoms. The number of rotatable bonds is 5. The minimum atomic E-state index is -0.879. The number of aromatic nitrogens is 1. The molecule has 29 heavy (non-hydrogen) atoms. The molecule has 3 aromatic rings. The molecule has 1 N–H and O–H groups in total. The van der Waals surface area contributed by atoms with Crippen LogP contribution >= 0.6 is 0 Å². The molecule has 0 fully saturated rings. The van der Waals surface area contributed by atoms with E-state index in [-0.39, 0.29) is 18.1 Å². The van der Waals surface area contributed by atoms with Crippen molar-refractivity contribution in [3.05, 3.63) is 65.4 Å². The number of anilines is 1. The molecule has 0 saturated carbocycles. The van der Waals surface area contributed by atoms with Crippen molar-refractivity contribution in [2.24, 2.45) is 0 Å². The zero-order valence-corrected chi connectivity index (χ0v) is 16.4. The van der Waals surface area contributed by atoms with Gasteiger partial charge in [0.2, 0.25) is 11.7 Å². The van der Waals surface area contributed by atoms with Crippen LogP contribution in [0.3, 0.4) is 0 Å². The van der Waals surface area contributed by atoms with Gasteiger partial charge in [-0.25, -0.2) is 0 Å². The number of nitrogens with one attached hydrogen (secondary N) is 1. The molecule has 2 heterocycles. The van der Waals surface area contributed by atoms with Gasteiger partial charge in [-0.05, 0) is 48.7 Å². The van der Waals surface area contributed by atoms with Crippen molar-refractivity contribution in [3.8, 4) is 0 Å². The van der Waals surface area contributed by atoms with E-state index in [4.69, 9.17) is 4.74 Å². The molecule has 2 aromatic carbocycles. The van der Waals surface area contributed by atoms with Crippen molar-refractivity contribution >= 4 is 34.3 Å². The molecule has 1 atom stereocenters. The molecule has 0 aliphatic carbocycles. The van der Waals surface area contributed by atoms with Crippen molar-refractivity contribution < 1.29 is 19.1 Å². The highest BCUT2D eigenvalue weighted by atomic mass is 16.5. The summed E-state index contributed by atoms with van der Waals surface area (Å²) < 4.78 is 5.40. The first kappa shape index (κ1) is 18.9. The number of fused-ring (bicyclic) bond motifs is 2. The Kier molecular flexibility index (Phi) is 4.92. The maximum Gasteiger partial charge on any atom is 0.311 e. The molecular formula is C23H22N2O4. The number of hydrogen-bond acceptors (Lipinski definition) is 4. The summed E-state index contributed by atoms with van der Waals surface area (Å²) in [4.78, 5) is 41.6. The summed E-state index contributed by atoms with van der Waals surface area (Å²) in [5, 5.41) is 0.970. The minimum absolute atomic E-state index is 0.0117. The lowest BCUT2D eigenvalue weighted by molar-refractivity contribution is -0.145. The van der Waals surface area contributed by atoms with E-state index in [2.05, 4.69) is 4.98 Å². The first-order valence-electron chi connectivity index (χ1n) is 9.64. The molecule has 1 aliphatic rings. The number of ketones is 1. The van der Waals surface area contributed by atoms with Crippen LogP contribution in [0, 0.1) is 0 Å². The molecule has 6 nitrogen and oxygen atoms in total. The number of nitrogens with zero attached hydrogens (tertiary/aromatic N) is 1. The number of hydrogen-bond donors (Lipinski definition) is 1. The number of para-hydroxylation sites is 1. The van der Waals surface area contributed by atoms with Crippen molar-refractivity contribution in [2.45, 2.75) is 32.8 Å². The van der Waals surface area contributed by atoms with E-state index in [9.17, 15) is 14.4 Å². The van der Waals surface area contributed by atoms with Crippen molar-refractivity contribution in [1.29, 1.82) is 0 Å². The molecule has 0 spiro atoms. The lowest BCUT2D eigenvalue weighted by Crippen LogP contribution is -2.26. The lowest BCUT2D eigenvalue weighted by Gasteiger charge is -2.16. The molecule has 1 amide bonds. The number of Topliss-reactive ketones (excluding diaryl/α,β-unsaturated/α-hetero) is 1. The Balaban J connectivity index is 1.43. The molecule has 0 radical (unpaired) electrons. The Hall–Kier alpha value is -3.41. The summed E-state index contributed by atoms with van der Waals surface area (Å²) in [6.45, 7) is 3.74. The predicted molar refractivity (Wildman–Crippen MR) is 110 cm³/mol. The van der Waals surface area contributed by atoms with Crippen LogP contribution in [0.15, 0.2) is 48.7 Å². The average Bonchev–Trinajstić information content (AvgIpc) is 3.31. The first-order valence-corrected chi connectivity index (χ1v) is 9.64. The third kappa shape index (κ3) is 3.66. The Labute approximate surface area is 168 Å². The molecule has 0 saturated heterocycles. The van der Waals surface area contributed by atoms with Gasteiger partial charge in [-0.3, -0.25) is 14.4 Å². The highest BCUT2D eigenvalue weighted by molar-refractivity contribution is 6.02. The van der Waals surface area contributed by atoms with Gasteiger partial charge in [-0.1, -0.05) is 18.2 Å². The van der Waals surface area contributed by atoms with Gasteiger partial charge in [0.05, 0.1) is 6.42 Å². The molecule has 148 valence electrons. The Morgan fingerprint density at radius 1 is 1.17 bits per heavy atom. The van der Waals surface area contributed by atoms with E-state index in [1.165, 1.54) is 6.92 Å². The van der Waals surface area contributed by atoms with Crippen LogP contribution in [-0.4, -0.2) is 35.3 Å². The van der Waals surface area contributed by atoms with Gasteiger partial charge in [0.15, 0.2) is 6.10 Å². The maximum absolute atomic E-state index is 12.7. The predicted octanol–water partition coefficient (Wildman–Crippen LogP) is 3.43. The second-order valence-corrected chi connectivity index (χ2v) is 7.30. The highest BCUT2D eigenvalue weighted by Gasteiger charge is 2.25. The number of benzene rings is 2. The number of carbonyl (C=O) groups is 3. The first-order chi connectivity index (χ1) is 13.9. The Bertz CT molecular complexity index is 1120. The van der Waals surface area contributed by atoms with Crippen molar-refractivity contribution in [3.63, 3.8) is 0 Å². The van der Waals surface area contributed by atoms with Gasteiger partial charge < -0.3 is 14.6 Å². The molecule has 1 aliphatic heterocycles. The molecule has 1 aromatic heterocycles. The third-order valence-corrected chi connectivity index (χ3v) is 5.33. The Morgan fingerprint density at radius 2 is 1.97 bits per heavy atom. The maximum atomic E-state index is 12.7. The van der Waals surface area contributed by atoms with Gasteiger partial charge in [-0.15, -0.1) is 0 Å². The fraction of sp³-hybridized carbons (Fsp3) is 0.261. The van der Waals surface area contributed by atoms with Crippen LogP contribution in [0.5, 0.6) is 0 Å². The smallest absolute Gasteiger partial charge is 0.311 e. The van der Waals surface area contributed by atoms with E-state index in [1.54, 1.807) is 36.2 Å². The normalized spacial score (nSPS) is 13.9. The third-order valence-electron chi connectivity index (χ3n) is 5.33. The summed E-state index contributed by atoms with van der Waals surface area (Å²) >= 11 is 0. The van der Waals surface area contributed by atoms with Gasteiger partial charge in [-0.2, -0.15) is 0 Å². The summed E-state index contributed by atoms with van der Waals surface area (Å²) in [7, 11) is 0. The number of esters is 1. The second-order valence-electron chi connectivity index (χ2n) is 7.30. The molecule has 4 rings (SSSR count). The molecule has 6 heteroatoms. The monoisotopic (exact) mass is 390 g/mol. The molecule has 0 unspecified atom stereocenters. The summed E-state index contributed by atoms with van der Waals surface area (Å²) in [6, 6.07) is 13.0. The van der Waals surface area contributed by atoms with E-state index in [0.717, 1.165) is 27.7 Å². The SMILES string of the molecule is CC(=O)N1CCc2cc(C(=O)[C@H](C)OC(=O)Cc3c[nH]c4ccccc34)ccc21. The number of aromatic amines is 1. The fourth-order valence-electron chi connectivity index (χ4n) is 3.84. The lowest BCUT2D eigenvalue weighted by atomic mass is 10.0. The van der Waals surface area contributed by atoms with Gasteiger partial charge in [0, 0.05) is 41.8 Å². The number of carbonyl (C=O) groups excluding carboxylic acids is 3. The van der Waals surface area contributed by atoms with E-state index >= 15 is 0 Å². The van der Waals surface area contributed by atoms with Crippen molar-refractivity contribution in [2.75, 3.05) is 11.4 Å². The average molecular weight is 390 g/mol. The van der Waals surface area contributed by atoms with E-state index in [0.29, 0.717) is 18.5 Å². The topological polar surface area (TPSA) is 79.5 Å². The van der Waals surface area contributed by atoms with Gasteiger partial charge in [0.1, 0.15) is 0 Å². The van der Waals surface area contributed by atoms with Crippen molar-refractivity contribution in [1.82, 2.24) is 4.98 Å². The zero-order valence-electron chi connectivity index (χ0n) is 16.4. The number of H-pyrrole nitrogens is 1. The van der Waals surface area contributed by atoms with Crippen LogP contribution < -0.4 is 4.90 Å². The van der Waals surface area contributed by atoms with Crippen LogP contribution in [0.4, 0.5) is 5.69 Å². The van der Waals surface area contributed by atoms with Crippen LogP contribution in [0.25, 0.3) is 10.9 Å². The quantitative estimate of drug-likeness (QED) is 0.535. The van der Waals surface area contributed by atoms with Crippen LogP contribution in [-0.2, 0) is 27.2 Å². The minimum Gasteiger partial charge on any atom is -0.454 e. The van der Waals surface area contributed by atoms with E-state index < -0.39 is 12.1 Å². The summed E-state index contributed by atoms with van der Waals surface area (Å²) in [5.41, 5.74) is 4.09. The molecular weight excluding hydrogens is 368 g/mol. The van der Waals surface area contributed by atoms with E-state index in [1.807, 2.05) is 24.3 Å². The van der Waals surface area contributed by atoms with Gasteiger partial charge >= 0.3 is 5.97 Å². The standard InChI is InChI=1S/C23H22N2O4/c1-14(29-22(27)12-18-13-24-20-6-4-3-5-19(18)20)23(28)17-7-8-21-16(11-17)9-10-25(21)15(2)26/h3-8,11,13-14,24H,9-10,12H2,1-2H3/t14-/m0/s1. The fourth-order valence-corrected chi connectivity index (χ4v) is 3.84. The Morgan fingerprint density at radius 3 is 2.76 bits per heavy atom. The van der Waals surface area contributed by atoms with Crippen LogP contribution in [0.2, 0.25) is 0 Å². The summed E-state index contributed by atoms with van der Waals surface area (Å²) in [5.74, 6) is -0.705. The van der Waals surface area contributed by atoms with Crippen LogP contribution in [0.1, 0.15) is 35.3 Å². The second kappa shape index (κ2) is 7.54. The largest absolute Gasteiger partial charge is 0.454 e.